The van der Waals surface area contributed by atoms with E-state index in [1.54, 1.807) is 13.0 Å². The van der Waals surface area contributed by atoms with Crippen LogP contribution in [0.2, 0.25) is 0 Å². The van der Waals surface area contributed by atoms with E-state index < -0.39 is 0 Å². The SMILES string of the molecule is CC(=O)N1CCN([C@H]2CN(Cc3cccc(C(N)=O)c3)C[C@@H]2C)CC1. The molecule has 136 valence electrons. The Morgan fingerprint density at radius 1 is 1.16 bits per heavy atom. The summed E-state index contributed by atoms with van der Waals surface area (Å²) in [5, 5.41) is 0. The molecular weight excluding hydrogens is 316 g/mol. The third kappa shape index (κ3) is 4.19. The predicted octanol–water partition coefficient (Wildman–Crippen LogP) is 0.770. The highest BCUT2D eigenvalue weighted by Crippen LogP contribution is 2.24. The Morgan fingerprint density at radius 2 is 1.88 bits per heavy atom. The molecule has 2 N–H and O–H groups in total. The molecule has 0 saturated carbocycles. The Balaban J connectivity index is 1.57. The highest BCUT2D eigenvalue weighted by molar-refractivity contribution is 5.92. The second-order valence-corrected chi connectivity index (χ2v) is 7.35. The van der Waals surface area contributed by atoms with Gasteiger partial charge in [0, 0.05) is 64.3 Å². The first-order valence-electron chi connectivity index (χ1n) is 9.04. The number of amides is 2. The molecule has 0 aromatic heterocycles. The number of benzene rings is 1. The van der Waals surface area contributed by atoms with E-state index >= 15 is 0 Å². The van der Waals surface area contributed by atoms with Crippen LogP contribution in [-0.2, 0) is 11.3 Å². The minimum atomic E-state index is -0.377. The molecule has 25 heavy (non-hydrogen) atoms. The fraction of sp³-hybridized carbons (Fsp3) is 0.579. The fourth-order valence-electron chi connectivity index (χ4n) is 4.10. The van der Waals surface area contributed by atoms with Gasteiger partial charge >= 0.3 is 0 Å². The Hall–Kier alpha value is -1.92. The first kappa shape index (κ1) is 17.9. The maximum absolute atomic E-state index is 11.5. The van der Waals surface area contributed by atoms with Crippen LogP contribution < -0.4 is 5.73 Å². The van der Waals surface area contributed by atoms with Crippen LogP contribution in [0.5, 0.6) is 0 Å². The van der Waals surface area contributed by atoms with E-state index in [0.29, 0.717) is 17.5 Å². The van der Waals surface area contributed by atoms with Crippen LogP contribution >= 0.6 is 0 Å². The topological polar surface area (TPSA) is 69.9 Å². The van der Waals surface area contributed by atoms with Crippen LogP contribution in [0, 0.1) is 5.92 Å². The molecular formula is C19H28N4O2. The minimum absolute atomic E-state index is 0.176. The molecule has 2 amide bonds. The number of carbonyl (C=O) groups excluding carboxylic acids is 2. The van der Waals surface area contributed by atoms with Gasteiger partial charge in [0.2, 0.25) is 11.8 Å². The van der Waals surface area contributed by atoms with Crippen molar-refractivity contribution in [2.45, 2.75) is 26.4 Å². The van der Waals surface area contributed by atoms with Gasteiger partial charge in [-0.3, -0.25) is 19.4 Å². The minimum Gasteiger partial charge on any atom is -0.366 e. The predicted molar refractivity (Wildman–Crippen MR) is 97.0 cm³/mol. The van der Waals surface area contributed by atoms with Crippen LogP contribution in [-0.4, -0.2) is 71.8 Å². The molecule has 3 rings (SSSR count). The number of nitrogens with zero attached hydrogens (tertiary/aromatic N) is 3. The van der Waals surface area contributed by atoms with Gasteiger partial charge in [-0.15, -0.1) is 0 Å². The lowest BCUT2D eigenvalue weighted by atomic mass is 10.0. The zero-order chi connectivity index (χ0) is 18.0. The monoisotopic (exact) mass is 344 g/mol. The quantitative estimate of drug-likeness (QED) is 0.876. The first-order chi connectivity index (χ1) is 11.9. The van der Waals surface area contributed by atoms with Crippen molar-refractivity contribution in [1.82, 2.24) is 14.7 Å². The van der Waals surface area contributed by atoms with Gasteiger partial charge < -0.3 is 10.6 Å². The molecule has 0 unspecified atom stereocenters. The summed E-state index contributed by atoms with van der Waals surface area (Å²) < 4.78 is 0. The summed E-state index contributed by atoms with van der Waals surface area (Å²) in [5.74, 6) is 0.399. The number of likely N-dealkylation sites (tertiary alicyclic amines) is 1. The number of piperazine rings is 1. The largest absolute Gasteiger partial charge is 0.366 e. The van der Waals surface area contributed by atoms with E-state index in [2.05, 4.69) is 22.8 Å². The van der Waals surface area contributed by atoms with Crippen LogP contribution in [0.4, 0.5) is 0 Å². The van der Waals surface area contributed by atoms with Crippen molar-refractivity contribution in [2.24, 2.45) is 11.7 Å². The second kappa shape index (κ2) is 7.54. The van der Waals surface area contributed by atoms with E-state index in [9.17, 15) is 9.59 Å². The Morgan fingerprint density at radius 3 is 2.52 bits per heavy atom. The summed E-state index contributed by atoms with van der Waals surface area (Å²) in [6.07, 6.45) is 0. The molecule has 0 spiro atoms. The molecule has 2 aliphatic rings. The average Bonchev–Trinajstić information content (AvgIpc) is 2.95. The first-order valence-corrected chi connectivity index (χ1v) is 9.04. The van der Waals surface area contributed by atoms with Crippen molar-refractivity contribution in [2.75, 3.05) is 39.3 Å². The van der Waals surface area contributed by atoms with Crippen molar-refractivity contribution < 1.29 is 9.59 Å². The maximum Gasteiger partial charge on any atom is 0.248 e. The van der Waals surface area contributed by atoms with E-state index in [4.69, 9.17) is 5.73 Å². The third-order valence-electron chi connectivity index (χ3n) is 5.49. The summed E-state index contributed by atoms with van der Waals surface area (Å²) >= 11 is 0. The molecule has 2 aliphatic heterocycles. The Labute approximate surface area is 149 Å². The zero-order valence-electron chi connectivity index (χ0n) is 15.1. The van der Waals surface area contributed by atoms with E-state index in [1.165, 1.54) is 0 Å². The van der Waals surface area contributed by atoms with Crippen LogP contribution in [0.25, 0.3) is 0 Å². The molecule has 6 heteroatoms. The molecule has 2 atom stereocenters. The van der Waals surface area contributed by atoms with E-state index in [-0.39, 0.29) is 11.8 Å². The van der Waals surface area contributed by atoms with Crippen LogP contribution in [0.3, 0.4) is 0 Å². The van der Waals surface area contributed by atoms with Crippen molar-refractivity contribution in [3.8, 4) is 0 Å². The average molecular weight is 344 g/mol. The molecule has 2 saturated heterocycles. The van der Waals surface area contributed by atoms with Gasteiger partial charge in [-0.1, -0.05) is 19.1 Å². The molecule has 1 aromatic rings. The summed E-state index contributed by atoms with van der Waals surface area (Å²) in [4.78, 5) is 29.8. The van der Waals surface area contributed by atoms with Gasteiger partial charge in [0.15, 0.2) is 0 Å². The smallest absolute Gasteiger partial charge is 0.248 e. The normalized spacial score (nSPS) is 25.3. The number of hydrogen-bond donors (Lipinski definition) is 1. The van der Waals surface area contributed by atoms with Gasteiger partial charge in [0.1, 0.15) is 0 Å². The highest BCUT2D eigenvalue weighted by atomic mass is 16.2. The van der Waals surface area contributed by atoms with Crippen molar-refractivity contribution >= 4 is 11.8 Å². The lowest BCUT2D eigenvalue weighted by Gasteiger charge is -2.39. The number of primary amides is 1. The third-order valence-corrected chi connectivity index (χ3v) is 5.49. The molecule has 1 aromatic carbocycles. The van der Waals surface area contributed by atoms with E-state index in [0.717, 1.165) is 51.4 Å². The number of nitrogens with two attached hydrogens (primary N) is 1. The van der Waals surface area contributed by atoms with Gasteiger partial charge in [0.05, 0.1) is 0 Å². The van der Waals surface area contributed by atoms with Crippen molar-refractivity contribution in [3.63, 3.8) is 0 Å². The molecule has 2 heterocycles. The lowest BCUT2D eigenvalue weighted by Crippen LogP contribution is -2.53. The van der Waals surface area contributed by atoms with E-state index in [1.807, 2.05) is 17.0 Å². The maximum atomic E-state index is 11.5. The number of rotatable bonds is 4. The Kier molecular flexibility index (Phi) is 5.39. The van der Waals surface area contributed by atoms with Crippen molar-refractivity contribution in [1.29, 1.82) is 0 Å². The van der Waals surface area contributed by atoms with Crippen molar-refractivity contribution in [3.05, 3.63) is 35.4 Å². The van der Waals surface area contributed by atoms with Gasteiger partial charge in [-0.05, 0) is 23.6 Å². The molecule has 0 bridgehead atoms. The summed E-state index contributed by atoms with van der Waals surface area (Å²) in [6.45, 7) is 10.5. The van der Waals surface area contributed by atoms with Gasteiger partial charge in [-0.2, -0.15) is 0 Å². The molecule has 0 aliphatic carbocycles. The second-order valence-electron chi connectivity index (χ2n) is 7.35. The summed E-state index contributed by atoms with van der Waals surface area (Å²) in [6, 6.07) is 8.14. The summed E-state index contributed by atoms with van der Waals surface area (Å²) in [5.41, 5.74) is 7.08. The summed E-state index contributed by atoms with van der Waals surface area (Å²) in [7, 11) is 0. The molecule has 2 fully saturated rings. The highest BCUT2D eigenvalue weighted by Gasteiger charge is 2.35. The van der Waals surface area contributed by atoms with Gasteiger partial charge in [0.25, 0.3) is 0 Å². The zero-order valence-corrected chi connectivity index (χ0v) is 15.1. The number of carbonyl (C=O) groups is 2. The Bertz CT molecular complexity index is 640. The van der Waals surface area contributed by atoms with Crippen LogP contribution in [0.1, 0.15) is 29.8 Å². The van der Waals surface area contributed by atoms with Gasteiger partial charge in [-0.25, -0.2) is 0 Å². The molecule has 0 radical (unpaired) electrons. The molecule has 6 nitrogen and oxygen atoms in total. The van der Waals surface area contributed by atoms with Crippen LogP contribution in [0.15, 0.2) is 24.3 Å². The fourth-order valence-corrected chi connectivity index (χ4v) is 4.10. The lowest BCUT2D eigenvalue weighted by molar-refractivity contribution is -0.130. The number of hydrogen-bond acceptors (Lipinski definition) is 4. The standard InChI is InChI=1S/C19H28N4O2/c1-14-11-21(12-16-4-3-5-17(10-16)19(20)25)13-18(14)23-8-6-22(7-9-23)15(2)24/h3-5,10,14,18H,6-9,11-13H2,1-2H3,(H2,20,25)/t14-,18-/m0/s1.